The molecule has 2 aromatic rings. The molecule has 2 fully saturated rings. The van der Waals surface area contributed by atoms with Crippen molar-refractivity contribution in [3.05, 3.63) is 41.6 Å². The van der Waals surface area contributed by atoms with E-state index in [1.165, 1.54) is 18.5 Å². The Bertz CT molecular complexity index is 1070. The van der Waals surface area contributed by atoms with E-state index in [4.69, 9.17) is 4.98 Å². The molecule has 1 aliphatic carbocycles. The first-order valence-electron chi connectivity index (χ1n) is 11.7. The van der Waals surface area contributed by atoms with E-state index >= 15 is 0 Å². The van der Waals surface area contributed by atoms with E-state index in [9.17, 15) is 4.79 Å². The summed E-state index contributed by atoms with van der Waals surface area (Å²) < 4.78 is 2.11. The number of carbonyl (C=O) groups excluding carboxylic acids is 1. The number of allylic oxidation sites excluding steroid dienone is 3. The number of piperazine rings is 1. The zero-order chi connectivity index (χ0) is 23.4. The van der Waals surface area contributed by atoms with Crippen molar-refractivity contribution >= 4 is 29.6 Å². The molecule has 0 radical (unpaired) electrons. The van der Waals surface area contributed by atoms with Crippen LogP contribution in [0.15, 0.2) is 40.9 Å². The molecule has 3 heterocycles. The Balaban J connectivity index is 1.63. The quantitative estimate of drug-likeness (QED) is 0.498. The number of fused-ring (bicyclic) bond motifs is 1. The molecule has 0 atom stereocenters. The van der Waals surface area contributed by atoms with Crippen molar-refractivity contribution in [3.63, 3.8) is 0 Å². The van der Waals surface area contributed by atoms with Gasteiger partial charge in [-0.25, -0.2) is 9.98 Å². The molecule has 33 heavy (non-hydrogen) atoms. The summed E-state index contributed by atoms with van der Waals surface area (Å²) in [5.41, 5.74) is 2.62. The third-order valence-electron chi connectivity index (χ3n) is 6.40. The highest BCUT2D eigenvalue weighted by Gasteiger charge is 2.26. The van der Waals surface area contributed by atoms with Crippen LogP contribution in [0.4, 0.5) is 5.95 Å². The second-order valence-electron chi connectivity index (χ2n) is 8.89. The van der Waals surface area contributed by atoms with Gasteiger partial charge in [-0.15, -0.1) is 0 Å². The predicted molar refractivity (Wildman–Crippen MR) is 133 cm³/mol. The third kappa shape index (κ3) is 5.08. The molecule has 1 aliphatic heterocycles. The average Bonchev–Trinajstić information content (AvgIpc) is 3.48. The van der Waals surface area contributed by atoms with Gasteiger partial charge in [-0.1, -0.05) is 12.8 Å². The van der Waals surface area contributed by atoms with Crippen molar-refractivity contribution in [2.75, 3.05) is 45.6 Å². The number of carbonyl (C=O) groups is 1. The fourth-order valence-electron chi connectivity index (χ4n) is 4.56. The maximum atomic E-state index is 12.9. The van der Waals surface area contributed by atoms with Gasteiger partial charge in [0.1, 0.15) is 17.2 Å². The molecule has 9 nitrogen and oxygen atoms in total. The molecular weight excluding hydrogens is 416 g/mol. The summed E-state index contributed by atoms with van der Waals surface area (Å²) in [5.74, 6) is 0.999. The summed E-state index contributed by atoms with van der Waals surface area (Å²) in [6.07, 6.45) is 10.2. The SMILES string of the molecule is C=N/C(=C\C=C(/C)N1CCNCC1)Nc1ncc2cc(C(=O)N(C)C)n(C3CCCC3)c2n1. The first-order valence-corrected chi connectivity index (χ1v) is 11.7. The Morgan fingerprint density at radius 1 is 1.27 bits per heavy atom. The second kappa shape index (κ2) is 10.2. The smallest absolute Gasteiger partial charge is 0.270 e. The lowest BCUT2D eigenvalue weighted by Gasteiger charge is -2.29. The Morgan fingerprint density at radius 3 is 2.67 bits per heavy atom. The topological polar surface area (TPSA) is 90.7 Å². The van der Waals surface area contributed by atoms with Gasteiger partial charge in [-0.3, -0.25) is 4.79 Å². The Hall–Kier alpha value is -3.20. The Labute approximate surface area is 195 Å². The van der Waals surface area contributed by atoms with Crippen molar-refractivity contribution in [1.82, 2.24) is 29.7 Å². The molecule has 1 saturated carbocycles. The first kappa shape index (κ1) is 23.0. The molecule has 176 valence electrons. The zero-order valence-electron chi connectivity index (χ0n) is 19.8. The Kier molecular flexibility index (Phi) is 7.08. The molecule has 4 rings (SSSR count). The van der Waals surface area contributed by atoms with Crippen molar-refractivity contribution in [2.45, 2.75) is 38.6 Å². The molecule has 2 aliphatic rings. The maximum Gasteiger partial charge on any atom is 0.270 e. The van der Waals surface area contributed by atoms with Gasteiger partial charge in [0.2, 0.25) is 5.95 Å². The number of hydrogen-bond donors (Lipinski definition) is 2. The van der Waals surface area contributed by atoms with Crippen LogP contribution in [0.25, 0.3) is 11.0 Å². The number of aliphatic imine (C=N–C) groups is 1. The standard InChI is InChI=1S/C24H34N8O/c1-17(31-13-11-26-12-14-31)9-10-21(25-2)28-24-27-16-18-15-20(23(33)30(3)4)32(22(18)29-24)19-7-5-6-8-19/h9-10,15-16,19,26H,2,5-8,11-14H2,1,3-4H3,(H,27,28,29)/b17-9+,21-10+. The van der Waals surface area contributed by atoms with Gasteiger partial charge in [0.25, 0.3) is 5.91 Å². The van der Waals surface area contributed by atoms with Crippen LogP contribution in [0.5, 0.6) is 0 Å². The maximum absolute atomic E-state index is 12.9. The molecule has 2 N–H and O–H groups in total. The van der Waals surface area contributed by atoms with E-state index in [0.29, 0.717) is 17.5 Å². The van der Waals surface area contributed by atoms with Crippen molar-refractivity contribution in [2.24, 2.45) is 4.99 Å². The number of amides is 1. The highest BCUT2D eigenvalue weighted by atomic mass is 16.2. The molecule has 1 amide bonds. The molecule has 0 aromatic carbocycles. The lowest BCUT2D eigenvalue weighted by atomic mass is 10.2. The molecular formula is C24H34N8O. The number of aromatic nitrogens is 3. The minimum Gasteiger partial charge on any atom is -0.372 e. The van der Waals surface area contributed by atoms with E-state index in [1.54, 1.807) is 25.2 Å². The number of nitrogens with zero attached hydrogens (tertiary/aromatic N) is 6. The van der Waals surface area contributed by atoms with Crippen LogP contribution >= 0.6 is 0 Å². The van der Waals surface area contributed by atoms with Crippen LogP contribution in [0.1, 0.15) is 49.1 Å². The summed E-state index contributed by atoms with van der Waals surface area (Å²) in [5, 5.41) is 7.41. The van der Waals surface area contributed by atoms with Crippen LogP contribution < -0.4 is 10.6 Å². The molecule has 0 spiro atoms. The average molecular weight is 451 g/mol. The number of rotatable bonds is 7. The van der Waals surface area contributed by atoms with Gasteiger partial charge < -0.3 is 25.0 Å². The van der Waals surface area contributed by atoms with Crippen molar-refractivity contribution < 1.29 is 4.79 Å². The van der Waals surface area contributed by atoms with Crippen LogP contribution in [0.3, 0.4) is 0 Å². The highest BCUT2D eigenvalue weighted by Crippen LogP contribution is 2.34. The van der Waals surface area contributed by atoms with E-state index in [0.717, 1.165) is 50.1 Å². The lowest BCUT2D eigenvalue weighted by molar-refractivity contribution is 0.0815. The van der Waals surface area contributed by atoms with Crippen LogP contribution in [-0.4, -0.2) is 77.2 Å². The number of anilines is 1. The van der Waals surface area contributed by atoms with Gasteiger partial charge in [0.15, 0.2) is 0 Å². The van der Waals surface area contributed by atoms with Gasteiger partial charge >= 0.3 is 0 Å². The van der Waals surface area contributed by atoms with E-state index < -0.39 is 0 Å². The third-order valence-corrected chi connectivity index (χ3v) is 6.40. The van der Waals surface area contributed by atoms with Crippen LogP contribution in [0, 0.1) is 0 Å². The fraction of sp³-hybridized carbons (Fsp3) is 0.500. The van der Waals surface area contributed by atoms with Crippen molar-refractivity contribution in [1.29, 1.82) is 0 Å². The summed E-state index contributed by atoms with van der Waals surface area (Å²) >= 11 is 0. The minimum atomic E-state index is -0.0173. The van der Waals surface area contributed by atoms with E-state index in [-0.39, 0.29) is 11.9 Å². The monoisotopic (exact) mass is 450 g/mol. The normalized spacial score (nSPS) is 18.1. The second-order valence-corrected chi connectivity index (χ2v) is 8.89. The predicted octanol–water partition coefficient (Wildman–Crippen LogP) is 3.01. The molecule has 1 saturated heterocycles. The van der Waals surface area contributed by atoms with E-state index in [1.807, 2.05) is 18.2 Å². The molecule has 9 heteroatoms. The van der Waals surface area contributed by atoms with Crippen LogP contribution in [-0.2, 0) is 0 Å². The number of hydrogen-bond acceptors (Lipinski definition) is 7. The first-order chi connectivity index (χ1) is 16.0. The van der Waals surface area contributed by atoms with Crippen LogP contribution in [0.2, 0.25) is 0 Å². The fourth-order valence-corrected chi connectivity index (χ4v) is 4.56. The van der Waals surface area contributed by atoms with E-state index in [2.05, 4.69) is 43.7 Å². The summed E-state index contributed by atoms with van der Waals surface area (Å²) in [4.78, 5) is 30.2. The number of nitrogens with one attached hydrogen (secondary N) is 2. The summed E-state index contributed by atoms with van der Waals surface area (Å²) in [7, 11) is 3.56. The molecule has 2 aromatic heterocycles. The summed E-state index contributed by atoms with van der Waals surface area (Å²) in [6, 6.07) is 2.18. The van der Waals surface area contributed by atoms with Gasteiger partial charge in [0.05, 0.1) is 0 Å². The van der Waals surface area contributed by atoms with Gasteiger partial charge in [-0.05, 0) is 44.7 Å². The molecule has 0 unspecified atom stereocenters. The molecule has 0 bridgehead atoms. The Morgan fingerprint density at radius 2 is 2.00 bits per heavy atom. The minimum absolute atomic E-state index is 0.0173. The van der Waals surface area contributed by atoms with Gasteiger partial charge in [-0.2, -0.15) is 4.98 Å². The lowest BCUT2D eigenvalue weighted by Crippen LogP contribution is -2.42. The summed E-state index contributed by atoms with van der Waals surface area (Å²) in [6.45, 7) is 9.76. The van der Waals surface area contributed by atoms with Gasteiger partial charge in [0, 0.05) is 63.6 Å². The largest absolute Gasteiger partial charge is 0.372 e. The highest BCUT2D eigenvalue weighted by molar-refractivity contribution is 5.97. The zero-order valence-corrected chi connectivity index (χ0v) is 19.8. The van der Waals surface area contributed by atoms with Crippen molar-refractivity contribution in [3.8, 4) is 0 Å².